The zero-order chi connectivity index (χ0) is 15.1. The molecule has 0 amide bonds. The lowest BCUT2D eigenvalue weighted by Crippen LogP contribution is -2.40. The molecule has 21 heavy (non-hydrogen) atoms. The van der Waals surface area contributed by atoms with Crippen LogP contribution in [0.3, 0.4) is 0 Å². The number of benzene rings is 1. The van der Waals surface area contributed by atoms with Gasteiger partial charge in [-0.1, -0.05) is 43.0 Å². The predicted octanol–water partition coefficient (Wildman–Crippen LogP) is 3.64. The van der Waals surface area contributed by atoms with Gasteiger partial charge in [-0.15, -0.1) is 0 Å². The Labute approximate surface area is 132 Å². The van der Waals surface area contributed by atoms with Crippen molar-refractivity contribution < 1.29 is 9.84 Å². The standard InChI is InChI=1S/C17H26ClNO2/c1-13(14-7-3-2-4-8-14)19-11-15(20)12-21-17-10-6-5-9-16(17)18/h5-6,9-10,13-15,19-20H,2-4,7-8,11-12H2,1H3. The number of ether oxygens (including phenoxy) is 1. The van der Waals surface area contributed by atoms with Crippen molar-refractivity contribution in [3.05, 3.63) is 29.3 Å². The van der Waals surface area contributed by atoms with Gasteiger partial charge in [0, 0.05) is 12.6 Å². The monoisotopic (exact) mass is 311 g/mol. The summed E-state index contributed by atoms with van der Waals surface area (Å²) in [4.78, 5) is 0. The molecule has 0 heterocycles. The maximum Gasteiger partial charge on any atom is 0.138 e. The van der Waals surface area contributed by atoms with Gasteiger partial charge in [-0.05, 0) is 37.8 Å². The first-order valence-electron chi connectivity index (χ1n) is 7.95. The number of hydrogen-bond acceptors (Lipinski definition) is 3. The van der Waals surface area contributed by atoms with E-state index in [1.165, 1.54) is 32.1 Å². The number of aliphatic hydroxyl groups excluding tert-OH is 1. The minimum atomic E-state index is -0.521. The Bertz CT molecular complexity index is 421. The van der Waals surface area contributed by atoms with E-state index in [-0.39, 0.29) is 6.61 Å². The molecule has 2 rings (SSSR count). The SMILES string of the molecule is CC(NCC(O)COc1ccccc1Cl)C1CCCCC1. The average molecular weight is 312 g/mol. The molecule has 1 aliphatic rings. The van der Waals surface area contributed by atoms with E-state index in [0.29, 0.717) is 23.4 Å². The molecule has 3 nitrogen and oxygen atoms in total. The molecule has 2 unspecified atom stereocenters. The highest BCUT2D eigenvalue weighted by atomic mass is 35.5. The van der Waals surface area contributed by atoms with Crippen LogP contribution in [0.2, 0.25) is 5.02 Å². The molecule has 1 aromatic rings. The Balaban J connectivity index is 1.67. The van der Waals surface area contributed by atoms with Crippen LogP contribution in [0.1, 0.15) is 39.0 Å². The molecule has 0 radical (unpaired) electrons. The molecule has 0 aliphatic heterocycles. The van der Waals surface area contributed by atoms with Crippen molar-refractivity contribution in [3.8, 4) is 5.75 Å². The van der Waals surface area contributed by atoms with Gasteiger partial charge in [0.25, 0.3) is 0 Å². The van der Waals surface area contributed by atoms with E-state index >= 15 is 0 Å². The number of aliphatic hydroxyl groups is 1. The number of hydrogen-bond donors (Lipinski definition) is 2. The van der Waals surface area contributed by atoms with Crippen LogP contribution >= 0.6 is 11.6 Å². The molecule has 1 fully saturated rings. The summed E-state index contributed by atoms with van der Waals surface area (Å²) in [5, 5.41) is 14.0. The minimum Gasteiger partial charge on any atom is -0.489 e. The van der Waals surface area contributed by atoms with Crippen molar-refractivity contribution in [1.82, 2.24) is 5.32 Å². The van der Waals surface area contributed by atoms with Crippen molar-refractivity contribution >= 4 is 11.6 Å². The Morgan fingerprint density at radius 1 is 1.29 bits per heavy atom. The number of para-hydroxylation sites is 1. The molecule has 118 valence electrons. The molecule has 1 aromatic carbocycles. The van der Waals surface area contributed by atoms with Gasteiger partial charge in [0.15, 0.2) is 0 Å². The van der Waals surface area contributed by atoms with Gasteiger partial charge in [-0.25, -0.2) is 0 Å². The summed E-state index contributed by atoms with van der Waals surface area (Å²) >= 11 is 6.01. The molecule has 4 heteroatoms. The maximum atomic E-state index is 10.0. The second-order valence-electron chi connectivity index (χ2n) is 5.99. The van der Waals surface area contributed by atoms with Crippen LogP contribution in [0.25, 0.3) is 0 Å². The first-order valence-corrected chi connectivity index (χ1v) is 8.33. The lowest BCUT2D eigenvalue weighted by Gasteiger charge is -2.29. The quantitative estimate of drug-likeness (QED) is 0.808. The molecule has 0 spiro atoms. The number of nitrogens with one attached hydrogen (secondary N) is 1. The number of rotatable bonds is 7. The molecule has 0 bridgehead atoms. The van der Waals surface area contributed by atoms with E-state index < -0.39 is 6.10 Å². The van der Waals surface area contributed by atoms with E-state index in [1.807, 2.05) is 18.2 Å². The summed E-state index contributed by atoms with van der Waals surface area (Å²) in [5.41, 5.74) is 0. The highest BCUT2D eigenvalue weighted by Crippen LogP contribution is 2.26. The van der Waals surface area contributed by atoms with E-state index in [2.05, 4.69) is 12.2 Å². The molecular formula is C17H26ClNO2. The largest absolute Gasteiger partial charge is 0.489 e. The zero-order valence-electron chi connectivity index (χ0n) is 12.7. The highest BCUT2D eigenvalue weighted by molar-refractivity contribution is 6.32. The Kier molecular flexibility index (Phi) is 6.81. The summed E-state index contributed by atoms with van der Waals surface area (Å²) in [5.74, 6) is 1.37. The van der Waals surface area contributed by atoms with Gasteiger partial charge in [0.1, 0.15) is 18.5 Å². The summed E-state index contributed by atoms with van der Waals surface area (Å²) in [6.45, 7) is 3.04. The summed E-state index contributed by atoms with van der Waals surface area (Å²) in [7, 11) is 0. The van der Waals surface area contributed by atoms with Gasteiger partial charge >= 0.3 is 0 Å². The van der Waals surface area contributed by atoms with Crippen molar-refractivity contribution in [2.75, 3.05) is 13.2 Å². The van der Waals surface area contributed by atoms with Crippen LogP contribution in [0.15, 0.2) is 24.3 Å². The smallest absolute Gasteiger partial charge is 0.138 e. The van der Waals surface area contributed by atoms with Gasteiger partial charge in [-0.2, -0.15) is 0 Å². The topological polar surface area (TPSA) is 41.5 Å². The number of halogens is 1. The van der Waals surface area contributed by atoms with Gasteiger partial charge in [0.2, 0.25) is 0 Å². The van der Waals surface area contributed by atoms with Crippen LogP contribution in [-0.4, -0.2) is 30.4 Å². The van der Waals surface area contributed by atoms with Crippen LogP contribution in [0.5, 0.6) is 5.75 Å². The highest BCUT2D eigenvalue weighted by Gasteiger charge is 2.20. The van der Waals surface area contributed by atoms with Crippen molar-refractivity contribution in [1.29, 1.82) is 0 Å². The molecule has 0 saturated heterocycles. The Morgan fingerprint density at radius 3 is 2.71 bits per heavy atom. The molecule has 2 atom stereocenters. The lowest BCUT2D eigenvalue weighted by molar-refractivity contribution is 0.100. The van der Waals surface area contributed by atoms with Crippen LogP contribution < -0.4 is 10.1 Å². The Hall–Kier alpha value is -0.770. The fourth-order valence-electron chi connectivity index (χ4n) is 2.93. The molecule has 0 aromatic heterocycles. The summed E-state index contributed by atoms with van der Waals surface area (Å²) in [6, 6.07) is 7.79. The molecule has 1 aliphatic carbocycles. The first-order chi connectivity index (χ1) is 10.2. The van der Waals surface area contributed by atoms with Gasteiger partial charge in [0.05, 0.1) is 5.02 Å². The normalized spacial score (nSPS) is 19.2. The first kappa shape index (κ1) is 16.6. The zero-order valence-corrected chi connectivity index (χ0v) is 13.5. The van der Waals surface area contributed by atoms with Gasteiger partial charge < -0.3 is 15.2 Å². The van der Waals surface area contributed by atoms with Gasteiger partial charge in [-0.3, -0.25) is 0 Å². The maximum absolute atomic E-state index is 10.0. The fourth-order valence-corrected chi connectivity index (χ4v) is 3.12. The fraction of sp³-hybridized carbons (Fsp3) is 0.647. The third kappa shape index (κ3) is 5.50. The molecular weight excluding hydrogens is 286 g/mol. The van der Waals surface area contributed by atoms with Crippen molar-refractivity contribution in [2.45, 2.75) is 51.2 Å². The Morgan fingerprint density at radius 2 is 2.00 bits per heavy atom. The van der Waals surface area contributed by atoms with Crippen LogP contribution in [-0.2, 0) is 0 Å². The summed E-state index contributed by atoms with van der Waals surface area (Å²) < 4.78 is 5.55. The van der Waals surface area contributed by atoms with Crippen molar-refractivity contribution in [2.24, 2.45) is 5.92 Å². The predicted molar refractivity (Wildman–Crippen MR) is 87.0 cm³/mol. The second kappa shape index (κ2) is 8.62. The third-order valence-electron chi connectivity index (χ3n) is 4.30. The molecule has 2 N–H and O–H groups in total. The lowest BCUT2D eigenvalue weighted by atomic mass is 9.84. The van der Waals surface area contributed by atoms with Crippen molar-refractivity contribution in [3.63, 3.8) is 0 Å². The van der Waals surface area contributed by atoms with E-state index in [1.54, 1.807) is 6.07 Å². The summed E-state index contributed by atoms with van der Waals surface area (Å²) in [6.07, 6.45) is 6.15. The van der Waals surface area contributed by atoms with E-state index in [0.717, 1.165) is 5.92 Å². The average Bonchev–Trinajstić information content (AvgIpc) is 2.52. The minimum absolute atomic E-state index is 0.258. The van der Waals surface area contributed by atoms with Crippen LogP contribution in [0, 0.1) is 5.92 Å². The molecule has 1 saturated carbocycles. The third-order valence-corrected chi connectivity index (χ3v) is 4.61. The van der Waals surface area contributed by atoms with E-state index in [9.17, 15) is 5.11 Å². The second-order valence-corrected chi connectivity index (χ2v) is 6.40. The van der Waals surface area contributed by atoms with E-state index in [4.69, 9.17) is 16.3 Å². The van der Waals surface area contributed by atoms with Crippen LogP contribution in [0.4, 0.5) is 0 Å².